The molecule has 0 bridgehead atoms. The van der Waals surface area contributed by atoms with Gasteiger partial charge in [0.05, 0.1) is 0 Å². The van der Waals surface area contributed by atoms with E-state index in [4.69, 9.17) is 13.9 Å². The van der Waals surface area contributed by atoms with Crippen molar-refractivity contribution in [3.8, 4) is 22.8 Å². The lowest BCUT2D eigenvalue weighted by Gasteiger charge is -2.18. The number of para-hydroxylation sites is 1. The first-order valence-electron chi connectivity index (χ1n) is 6.96. The van der Waals surface area contributed by atoms with Gasteiger partial charge in [0.2, 0.25) is 0 Å². The number of hydrogen-bond acceptors (Lipinski definition) is 5. The van der Waals surface area contributed by atoms with E-state index < -0.39 is 0 Å². The molecule has 1 aliphatic heterocycles. The molecule has 2 aromatic carbocycles. The first-order chi connectivity index (χ1) is 10.8. The number of fused-ring (bicyclic) bond motifs is 2. The van der Waals surface area contributed by atoms with Crippen LogP contribution < -0.4 is 14.8 Å². The van der Waals surface area contributed by atoms with Crippen molar-refractivity contribution < 1.29 is 19.1 Å². The number of nitrogens with zero attached hydrogens (tertiary/aromatic N) is 1. The highest BCUT2D eigenvalue weighted by Gasteiger charge is 2.14. The van der Waals surface area contributed by atoms with Gasteiger partial charge in [-0.1, -0.05) is 17.3 Å². The summed E-state index contributed by atoms with van der Waals surface area (Å²) < 4.78 is 17.0. The lowest BCUT2D eigenvalue weighted by atomic mass is 10.1. The molecule has 0 spiro atoms. The van der Waals surface area contributed by atoms with Crippen LogP contribution in [-0.4, -0.2) is 18.4 Å². The maximum Gasteiger partial charge on any atom is 0.162 e. The fraction of sp³-hybridized carbons (Fsp3) is 0.118. The van der Waals surface area contributed by atoms with Crippen LogP contribution in [0.2, 0.25) is 0 Å². The second-order valence-electron chi connectivity index (χ2n) is 4.95. The van der Waals surface area contributed by atoms with Crippen LogP contribution >= 0.6 is 0 Å². The van der Waals surface area contributed by atoms with E-state index in [0.717, 1.165) is 16.7 Å². The second kappa shape index (κ2) is 5.11. The molecule has 0 atom stereocenters. The minimum absolute atomic E-state index is 0.465. The topological polar surface area (TPSA) is 64.2 Å². The van der Waals surface area contributed by atoms with E-state index in [0.29, 0.717) is 35.7 Å². The zero-order chi connectivity index (χ0) is 14.9. The Morgan fingerprint density at radius 3 is 2.59 bits per heavy atom. The number of hydrogen-bond donors (Lipinski definition) is 1. The zero-order valence-electron chi connectivity index (χ0n) is 11.7. The van der Waals surface area contributed by atoms with E-state index in [9.17, 15) is 5.21 Å². The smallest absolute Gasteiger partial charge is 0.162 e. The quantitative estimate of drug-likeness (QED) is 0.553. The molecule has 0 radical (unpaired) electrons. The third-order valence-electron chi connectivity index (χ3n) is 3.59. The van der Waals surface area contributed by atoms with Gasteiger partial charge >= 0.3 is 0 Å². The van der Waals surface area contributed by atoms with Crippen LogP contribution in [-0.2, 0) is 0 Å². The van der Waals surface area contributed by atoms with Crippen LogP contribution in [0.4, 0.5) is 0 Å². The van der Waals surface area contributed by atoms with E-state index in [1.54, 1.807) is 6.07 Å². The van der Waals surface area contributed by atoms with Crippen LogP contribution in [0.3, 0.4) is 0 Å². The van der Waals surface area contributed by atoms with E-state index >= 15 is 0 Å². The second-order valence-corrected chi connectivity index (χ2v) is 4.95. The third kappa shape index (κ3) is 2.07. The monoisotopic (exact) mass is 295 g/mol. The maximum absolute atomic E-state index is 9.24. The lowest BCUT2D eigenvalue weighted by Crippen LogP contribution is -2.15. The molecule has 2 heterocycles. The molecule has 3 aromatic rings. The van der Waals surface area contributed by atoms with Crippen molar-refractivity contribution >= 4 is 11.0 Å². The van der Waals surface area contributed by atoms with Gasteiger partial charge in [0, 0.05) is 17.0 Å². The molecule has 1 N–H and O–H groups in total. The number of benzene rings is 2. The van der Waals surface area contributed by atoms with Gasteiger partial charge in [-0.15, -0.1) is 0 Å². The van der Waals surface area contributed by atoms with Crippen LogP contribution in [0, 0.1) is 0 Å². The molecule has 5 heteroatoms. The van der Waals surface area contributed by atoms with Crippen LogP contribution in [0.5, 0.6) is 11.5 Å². The molecule has 0 saturated carbocycles. The molecule has 110 valence electrons. The van der Waals surface area contributed by atoms with Crippen molar-refractivity contribution in [2.45, 2.75) is 0 Å². The molecule has 0 amide bonds. The summed E-state index contributed by atoms with van der Waals surface area (Å²) in [6.07, 6.45) is 0. The van der Waals surface area contributed by atoms with Gasteiger partial charge in [0.1, 0.15) is 29.9 Å². The summed E-state index contributed by atoms with van der Waals surface area (Å²) in [5, 5.41) is 13.8. The molecule has 0 aliphatic carbocycles. The molecule has 0 fully saturated rings. The molecule has 5 nitrogen and oxygen atoms in total. The summed E-state index contributed by atoms with van der Waals surface area (Å²) in [7, 11) is 0. The predicted molar refractivity (Wildman–Crippen MR) is 80.0 cm³/mol. The average Bonchev–Trinajstić information content (AvgIpc) is 2.60. The third-order valence-corrected chi connectivity index (χ3v) is 3.59. The lowest BCUT2D eigenvalue weighted by molar-refractivity contribution is 0.171. The minimum Gasteiger partial charge on any atom is -0.486 e. The average molecular weight is 295 g/mol. The van der Waals surface area contributed by atoms with Crippen molar-refractivity contribution in [1.29, 1.82) is 0 Å². The molecular weight excluding hydrogens is 282 g/mol. The van der Waals surface area contributed by atoms with Crippen LogP contribution in [0.1, 0.15) is 0 Å². The van der Waals surface area contributed by atoms with Crippen molar-refractivity contribution in [2.24, 2.45) is 5.16 Å². The van der Waals surface area contributed by atoms with Gasteiger partial charge < -0.3 is 19.1 Å². The summed E-state index contributed by atoms with van der Waals surface area (Å²) in [5.74, 6) is 2.01. The van der Waals surface area contributed by atoms with E-state index in [2.05, 4.69) is 5.16 Å². The summed E-state index contributed by atoms with van der Waals surface area (Å²) in [6.45, 7) is 1.09. The highest BCUT2D eigenvalue weighted by atomic mass is 16.6. The van der Waals surface area contributed by atoms with Gasteiger partial charge in [-0.2, -0.15) is 0 Å². The van der Waals surface area contributed by atoms with Gasteiger partial charge in [-0.05, 0) is 30.3 Å². The van der Waals surface area contributed by atoms with Gasteiger partial charge in [0.15, 0.2) is 11.5 Å². The van der Waals surface area contributed by atoms with E-state index in [-0.39, 0.29) is 0 Å². The largest absolute Gasteiger partial charge is 0.486 e. The predicted octanol–water partition coefficient (Wildman–Crippen LogP) is 3.16. The highest BCUT2D eigenvalue weighted by Crippen LogP contribution is 2.34. The molecule has 22 heavy (non-hydrogen) atoms. The highest BCUT2D eigenvalue weighted by molar-refractivity contribution is 5.78. The molecular formula is C17H13NO4. The first-order valence-corrected chi connectivity index (χ1v) is 6.96. The van der Waals surface area contributed by atoms with E-state index in [1.165, 1.54) is 0 Å². The Morgan fingerprint density at radius 2 is 1.73 bits per heavy atom. The van der Waals surface area contributed by atoms with E-state index in [1.807, 2.05) is 42.5 Å². The Labute approximate surface area is 126 Å². The maximum atomic E-state index is 9.24. The molecule has 0 saturated heterocycles. The Hall–Kier alpha value is -2.95. The van der Waals surface area contributed by atoms with Crippen LogP contribution in [0.15, 0.2) is 58.1 Å². The number of ether oxygens (including phenoxy) is 2. The van der Waals surface area contributed by atoms with Gasteiger partial charge in [-0.3, -0.25) is 0 Å². The Kier molecular flexibility index (Phi) is 2.96. The standard InChI is InChI=1S/C17H13NO4/c19-18-13-10-16(22-14-4-2-1-3-12(13)14)11-5-6-15-17(9-11)21-8-7-20-15/h1-6,9-10,19H,7-8H2. The van der Waals surface area contributed by atoms with Crippen molar-refractivity contribution in [3.05, 3.63) is 53.9 Å². The summed E-state index contributed by atoms with van der Waals surface area (Å²) >= 11 is 0. The zero-order valence-corrected chi connectivity index (χ0v) is 11.7. The summed E-state index contributed by atoms with van der Waals surface area (Å²) in [6, 6.07) is 14.7. The fourth-order valence-electron chi connectivity index (χ4n) is 2.54. The SMILES string of the molecule is ON=c1cc(-c2ccc3c(c2)OCCO3)oc2ccccc12. The Balaban J connectivity index is 1.91. The normalized spacial score (nSPS) is 14.3. The van der Waals surface area contributed by atoms with Gasteiger partial charge in [0.25, 0.3) is 0 Å². The molecule has 1 aliphatic rings. The Morgan fingerprint density at radius 1 is 0.909 bits per heavy atom. The number of rotatable bonds is 1. The van der Waals surface area contributed by atoms with Crippen molar-refractivity contribution in [1.82, 2.24) is 0 Å². The molecule has 0 unspecified atom stereocenters. The molecule has 1 aromatic heterocycles. The fourth-order valence-corrected chi connectivity index (χ4v) is 2.54. The van der Waals surface area contributed by atoms with Crippen molar-refractivity contribution in [2.75, 3.05) is 13.2 Å². The van der Waals surface area contributed by atoms with Gasteiger partial charge in [-0.25, -0.2) is 0 Å². The van der Waals surface area contributed by atoms with Crippen LogP contribution in [0.25, 0.3) is 22.3 Å². The summed E-state index contributed by atoms with van der Waals surface area (Å²) in [5.41, 5.74) is 1.49. The van der Waals surface area contributed by atoms with Crippen molar-refractivity contribution in [3.63, 3.8) is 0 Å². The minimum atomic E-state index is 0.465. The summed E-state index contributed by atoms with van der Waals surface area (Å²) in [4.78, 5) is 0. The Bertz CT molecular complexity index is 914. The molecule has 4 rings (SSSR count). The first kappa shape index (κ1) is 12.8.